The number of ketones is 1. The van der Waals surface area contributed by atoms with Gasteiger partial charge in [0.05, 0.1) is 6.10 Å². The van der Waals surface area contributed by atoms with E-state index in [1.54, 1.807) is 6.08 Å². The van der Waals surface area contributed by atoms with Crippen LogP contribution in [0.1, 0.15) is 47.0 Å². The summed E-state index contributed by atoms with van der Waals surface area (Å²) in [6.45, 7) is 8.43. The fourth-order valence-electron chi connectivity index (χ4n) is 3.19. The van der Waals surface area contributed by atoms with E-state index in [0.717, 1.165) is 36.0 Å². The van der Waals surface area contributed by atoms with E-state index in [0.29, 0.717) is 5.92 Å². The van der Waals surface area contributed by atoms with Gasteiger partial charge in [0.1, 0.15) is 0 Å². The normalized spacial score (nSPS) is 37.6. The Morgan fingerprint density at radius 1 is 1.41 bits per heavy atom. The molecular formula is C15H22O2. The number of aliphatic hydroxyl groups is 1. The lowest BCUT2D eigenvalue weighted by molar-refractivity contribution is -0.112. The summed E-state index contributed by atoms with van der Waals surface area (Å²) in [7, 11) is 0. The van der Waals surface area contributed by atoms with Gasteiger partial charge in [-0.2, -0.15) is 0 Å². The van der Waals surface area contributed by atoms with Crippen molar-refractivity contribution in [3.8, 4) is 0 Å². The minimum absolute atomic E-state index is 0.0296. The molecule has 1 fully saturated rings. The van der Waals surface area contributed by atoms with Gasteiger partial charge in [-0.05, 0) is 61.7 Å². The summed E-state index contributed by atoms with van der Waals surface area (Å²) >= 11 is 0. The van der Waals surface area contributed by atoms with Gasteiger partial charge in [0.2, 0.25) is 0 Å². The summed E-state index contributed by atoms with van der Waals surface area (Å²) in [4.78, 5) is 12.0. The fourth-order valence-corrected chi connectivity index (χ4v) is 3.19. The molecule has 3 atom stereocenters. The first-order valence-corrected chi connectivity index (χ1v) is 6.47. The van der Waals surface area contributed by atoms with Crippen LogP contribution >= 0.6 is 0 Å². The van der Waals surface area contributed by atoms with Gasteiger partial charge in [0.25, 0.3) is 0 Å². The Hall–Kier alpha value is -0.890. The topological polar surface area (TPSA) is 37.3 Å². The van der Waals surface area contributed by atoms with Crippen LogP contribution < -0.4 is 0 Å². The Kier molecular flexibility index (Phi) is 3.03. The van der Waals surface area contributed by atoms with Crippen LogP contribution in [0.2, 0.25) is 0 Å². The van der Waals surface area contributed by atoms with E-state index in [1.165, 1.54) is 0 Å². The van der Waals surface area contributed by atoms with Crippen LogP contribution in [0.25, 0.3) is 0 Å². The molecule has 0 amide bonds. The van der Waals surface area contributed by atoms with E-state index in [1.807, 2.05) is 13.8 Å². The van der Waals surface area contributed by atoms with Crippen LogP contribution in [-0.2, 0) is 4.79 Å². The van der Waals surface area contributed by atoms with Gasteiger partial charge < -0.3 is 5.11 Å². The molecule has 0 bridgehead atoms. The van der Waals surface area contributed by atoms with Crippen LogP contribution in [0, 0.1) is 11.3 Å². The number of hydrogen-bond acceptors (Lipinski definition) is 2. The first-order chi connectivity index (χ1) is 7.86. The molecule has 0 saturated heterocycles. The van der Waals surface area contributed by atoms with E-state index in [2.05, 4.69) is 13.8 Å². The molecule has 0 unspecified atom stereocenters. The predicted octanol–water partition coefficient (Wildman–Crippen LogP) is 3.02. The molecule has 0 aromatic rings. The Labute approximate surface area is 103 Å². The molecule has 17 heavy (non-hydrogen) atoms. The Morgan fingerprint density at radius 2 is 2.06 bits per heavy atom. The predicted molar refractivity (Wildman–Crippen MR) is 68.6 cm³/mol. The van der Waals surface area contributed by atoms with Crippen LogP contribution in [0.15, 0.2) is 22.8 Å². The number of carbonyl (C=O) groups excluding carboxylic acids is 1. The lowest BCUT2D eigenvalue weighted by Gasteiger charge is -2.47. The van der Waals surface area contributed by atoms with Gasteiger partial charge >= 0.3 is 0 Å². The molecule has 1 N–H and O–H groups in total. The lowest BCUT2D eigenvalue weighted by atomic mass is 9.58. The molecule has 0 aromatic heterocycles. The maximum Gasteiger partial charge on any atom is 0.181 e. The minimum Gasteiger partial charge on any atom is -0.389 e. The molecule has 0 radical (unpaired) electrons. The third-order valence-corrected chi connectivity index (χ3v) is 4.71. The van der Waals surface area contributed by atoms with Crippen molar-refractivity contribution in [2.24, 2.45) is 11.3 Å². The third kappa shape index (κ3) is 1.89. The summed E-state index contributed by atoms with van der Waals surface area (Å²) in [5, 5.41) is 10.1. The van der Waals surface area contributed by atoms with Gasteiger partial charge in [-0.25, -0.2) is 0 Å². The van der Waals surface area contributed by atoms with Crippen LogP contribution in [0.3, 0.4) is 0 Å². The standard InChI is InChI=1S/C15H22O2/c1-9(2)11-8-15(4)10(3)5-6-13(16)12(15)7-14(11)17/h7,10,13,16H,5-6,8H2,1-4H3/t10-,13+,15+/m0/s1. The van der Waals surface area contributed by atoms with E-state index in [9.17, 15) is 9.90 Å². The Bertz CT molecular complexity index is 413. The largest absolute Gasteiger partial charge is 0.389 e. The van der Waals surface area contributed by atoms with E-state index >= 15 is 0 Å². The second-order valence-electron chi connectivity index (χ2n) is 6.03. The molecule has 2 aliphatic rings. The Morgan fingerprint density at radius 3 is 2.65 bits per heavy atom. The maximum atomic E-state index is 12.0. The first-order valence-electron chi connectivity index (χ1n) is 6.47. The highest BCUT2D eigenvalue weighted by Gasteiger charge is 2.45. The Balaban J connectivity index is 2.51. The molecule has 2 aliphatic carbocycles. The van der Waals surface area contributed by atoms with Crippen molar-refractivity contribution in [3.63, 3.8) is 0 Å². The van der Waals surface area contributed by atoms with Crippen molar-refractivity contribution in [2.75, 3.05) is 0 Å². The quantitative estimate of drug-likeness (QED) is 0.654. The highest BCUT2D eigenvalue weighted by molar-refractivity contribution is 6.06. The lowest BCUT2D eigenvalue weighted by Crippen LogP contribution is -2.42. The summed E-state index contributed by atoms with van der Waals surface area (Å²) in [6.07, 6.45) is 3.91. The van der Waals surface area contributed by atoms with E-state index in [-0.39, 0.29) is 11.2 Å². The highest BCUT2D eigenvalue weighted by Crippen LogP contribution is 2.51. The molecule has 0 aliphatic heterocycles. The van der Waals surface area contributed by atoms with Gasteiger partial charge in [-0.1, -0.05) is 19.4 Å². The van der Waals surface area contributed by atoms with E-state index < -0.39 is 6.10 Å². The van der Waals surface area contributed by atoms with Gasteiger partial charge in [0, 0.05) is 0 Å². The average Bonchev–Trinajstić information content (AvgIpc) is 2.26. The molecule has 94 valence electrons. The van der Waals surface area contributed by atoms with Gasteiger partial charge in [-0.15, -0.1) is 0 Å². The number of carbonyl (C=O) groups is 1. The van der Waals surface area contributed by atoms with Gasteiger partial charge in [-0.3, -0.25) is 4.79 Å². The number of hydrogen-bond donors (Lipinski definition) is 1. The molecule has 2 rings (SSSR count). The molecule has 2 nitrogen and oxygen atoms in total. The third-order valence-electron chi connectivity index (χ3n) is 4.71. The van der Waals surface area contributed by atoms with Crippen molar-refractivity contribution in [2.45, 2.75) is 53.1 Å². The minimum atomic E-state index is -0.418. The van der Waals surface area contributed by atoms with Crippen LogP contribution in [0.4, 0.5) is 0 Å². The molecule has 0 heterocycles. The second kappa shape index (κ2) is 4.09. The zero-order valence-electron chi connectivity index (χ0n) is 11.2. The number of rotatable bonds is 0. The molecular weight excluding hydrogens is 212 g/mol. The SMILES string of the molecule is CC(C)=C1C[C@@]2(C)C(=CC1=O)[C@H](O)CC[C@@H]2C. The molecule has 0 aromatic carbocycles. The van der Waals surface area contributed by atoms with Crippen LogP contribution in [-0.4, -0.2) is 17.0 Å². The summed E-state index contributed by atoms with van der Waals surface area (Å²) in [5.74, 6) is 0.630. The van der Waals surface area contributed by atoms with Crippen molar-refractivity contribution >= 4 is 5.78 Å². The van der Waals surface area contributed by atoms with Crippen molar-refractivity contribution in [3.05, 3.63) is 22.8 Å². The molecule has 1 saturated carbocycles. The van der Waals surface area contributed by atoms with Crippen molar-refractivity contribution in [1.29, 1.82) is 0 Å². The molecule has 0 spiro atoms. The maximum absolute atomic E-state index is 12.0. The smallest absolute Gasteiger partial charge is 0.181 e. The summed E-state index contributed by atoms with van der Waals surface area (Å²) in [5.41, 5.74) is 2.99. The average molecular weight is 234 g/mol. The molecule has 2 heteroatoms. The zero-order valence-corrected chi connectivity index (χ0v) is 11.2. The zero-order chi connectivity index (χ0) is 12.8. The summed E-state index contributed by atoms with van der Waals surface area (Å²) < 4.78 is 0. The van der Waals surface area contributed by atoms with Gasteiger partial charge in [0.15, 0.2) is 5.78 Å². The number of aliphatic hydroxyl groups excluding tert-OH is 1. The summed E-state index contributed by atoms with van der Waals surface area (Å²) in [6, 6.07) is 0. The van der Waals surface area contributed by atoms with Crippen LogP contribution in [0.5, 0.6) is 0 Å². The highest BCUT2D eigenvalue weighted by atomic mass is 16.3. The van der Waals surface area contributed by atoms with Crippen molar-refractivity contribution < 1.29 is 9.90 Å². The first kappa shape index (κ1) is 12.6. The van der Waals surface area contributed by atoms with Crippen molar-refractivity contribution in [1.82, 2.24) is 0 Å². The van der Waals surface area contributed by atoms with E-state index in [4.69, 9.17) is 0 Å². The fraction of sp³-hybridized carbons (Fsp3) is 0.667. The number of allylic oxidation sites excluding steroid dienone is 3. The monoisotopic (exact) mass is 234 g/mol. The number of fused-ring (bicyclic) bond motifs is 1. The second-order valence-corrected chi connectivity index (χ2v) is 6.03.